The summed E-state index contributed by atoms with van der Waals surface area (Å²) in [4.78, 5) is 0. The molecule has 11 heavy (non-hydrogen) atoms. The lowest BCUT2D eigenvalue weighted by atomic mass is 10.1. The summed E-state index contributed by atoms with van der Waals surface area (Å²) in [5.74, 6) is 2.64. The van der Waals surface area contributed by atoms with Gasteiger partial charge in [0.1, 0.15) is 0 Å². The molecule has 0 saturated heterocycles. The summed E-state index contributed by atoms with van der Waals surface area (Å²) in [6, 6.07) is 8.32. The van der Waals surface area contributed by atoms with E-state index < -0.39 is 0 Å². The van der Waals surface area contributed by atoms with E-state index in [2.05, 4.69) is 40.6 Å². The number of hydrogen-bond donors (Lipinski definition) is 0. The highest BCUT2D eigenvalue weighted by molar-refractivity contribution is 14.1. The van der Waals surface area contributed by atoms with Gasteiger partial charge in [0.25, 0.3) is 0 Å². The number of benzene rings is 1. The molecule has 0 atom stereocenters. The highest BCUT2D eigenvalue weighted by Gasteiger charge is 1.94. The fourth-order valence-corrected chi connectivity index (χ4v) is 1.57. The molecule has 56 valence electrons. The lowest BCUT2D eigenvalue weighted by molar-refractivity contribution is 1.02. The van der Waals surface area contributed by atoms with E-state index in [4.69, 9.17) is 6.42 Å². The van der Waals surface area contributed by atoms with Crippen LogP contribution in [0.4, 0.5) is 0 Å². The van der Waals surface area contributed by atoms with E-state index in [0.717, 1.165) is 12.8 Å². The first kappa shape index (κ1) is 8.61. The van der Waals surface area contributed by atoms with Gasteiger partial charge in [-0.15, -0.1) is 12.3 Å². The second-order valence-corrected chi connectivity index (χ2v) is 3.46. The van der Waals surface area contributed by atoms with Gasteiger partial charge in [0.2, 0.25) is 0 Å². The smallest absolute Gasteiger partial charge is 0.0162 e. The van der Waals surface area contributed by atoms with Crippen molar-refractivity contribution in [2.24, 2.45) is 0 Å². The Labute approximate surface area is 81.2 Å². The number of terminal acetylenes is 1. The summed E-state index contributed by atoms with van der Waals surface area (Å²) in [5, 5.41) is 0. The van der Waals surface area contributed by atoms with E-state index in [1.165, 1.54) is 9.13 Å². The Morgan fingerprint density at radius 2 is 2.09 bits per heavy atom. The van der Waals surface area contributed by atoms with Crippen molar-refractivity contribution >= 4 is 22.6 Å². The topological polar surface area (TPSA) is 0 Å². The van der Waals surface area contributed by atoms with Crippen LogP contribution in [0.15, 0.2) is 24.3 Å². The van der Waals surface area contributed by atoms with E-state index in [1.807, 2.05) is 12.1 Å². The zero-order chi connectivity index (χ0) is 8.10. The van der Waals surface area contributed by atoms with Gasteiger partial charge >= 0.3 is 0 Å². The lowest BCUT2D eigenvalue weighted by Crippen LogP contribution is -1.86. The Balaban J connectivity index is 2.71. The van der Waals surface area contributed by atoms with Gasteiger partial charge in [-0.1, -0.05) is 18.2 Å². The normalized spacial score (nSPS) is 9.09. The quantitative estimate of drug-likeness (QED) is 0.563. The number of halogens is 1. The molecular weight excluding hydrogens is 247 g/mol. The Kier molecular flexibility index (Phi) is 3.44. The highest BCUT2D eigenvalue weighted by atomic mass is 127. The van der Waals surface area contributed by atoms with Crippen molar-refractivity contribution < 1.29 is 0 Å². The molecule has 0 aliphatic heterocycles. The Morgan fingerprint density at radius 3 is 2.73 bits per heavy atom. The average Bonchev–Trinajstić information content (AvgIpc) is 2.03. The van der Waals surface area contributed by atoms with Crippen LogP contribution >= 0.6 is 22.6 Å². The van der Waals surface area contributed by atoms with E-state index in [9.17, 15) is 0 Å². The highest BCUT2D eigenvalue weighted by Crippen LogP contribution is 2.12. The monoisotopic (exact) mass is 256 g/mol. The molecule has 0 fully saturated rings. The molecule has 1 heteroatoms. The minimum atomic E-state index is 0.833. The zero-order valence-corrected chi connectivity index (χ0v) is 8.34. The maximum atomic E-state index is 5.17. The Hall–Kier alpha value is -0.490. The van der Waals surface area contributed by atoms with Gasteiger partial charge in [0.05, 0.1) is 0 Å². The number of aryl methyl sites for hydroxylation is 1. The van der Waals surface area contributed by atoms with Crippen LogP contribution in [0.25, 0.3) is 0 Å². The third-order valence-corrected chi connectivity index (χ3v) is 2.55. The van der Waals surface area contributed by atoms with Crippen LogP contribution in [0.5, 0.6) is 0 Å². The summed E-state index contributed by atoms with van der Waals surface area (Å²) in [6.07, 6.45) is 7.00. The third kappa shape index (κ3) is 2.55. The molecule has 0 aliphatic carbocycles. The Morgan fingerprint density at radius 1 is 1.36 bits per heavy atom. The summed E-state index contributed by atoms with van der Waals surface area (Å²) in [6.45, 7) is 0. The molecule has 0 amide bonds. The van der Waals surface area contributed by atoms with Crippen molar-refractivity contribution in [1.82, 2.24) is 0 Å². The first-order valence-electron chi connectivity index (χ1n) is 3.51. The number of hydrogen-bond acceptors (Lipinski definition) is 0. The molecule has 0 saturated carbocycles. The summed E-state index contributed by atoms with van der Waals surface area (Å²) >= 11 is 2.33. The molecule has 1 rings (SSSR count). The molecule has 0 spiro atoms. The van der Waals surface area contributed by atoms with Crippen molar-refractivity contribution in [2.45, 2.75) is 12.8 Å². The fourth-order valence-electron chi connectivity index (χ4n) is 0.908. The average molecular weight is 256 g/mol. The predicted molar refractivity (Wildman–Crippen MR) is 56.3 cm³/mol. The van der Waals surface area contributed by atoms with E-state index in [-0.39, 0.29) is 0 Å². The van der Waals surface area contributed by atoms with Crippen LogP contribution in [0, 0.1) is 15.9 Å². The SMILES string of the molecule is C#CCCc1ccccc1I. The van der Waals surface area contributed by atoms with Crippen molar-refractivity contribution in [2.75, 3.05) is 0 Å². The first-order valence-corrected chi connectivity index (χ1v) is 4.59. The molecule has 1 aromatic carbocycles. The minimum absolute atomic E-state index is 0.833. The maximum absolute atomic E-state index is 5.17. The van der Waals surface area contributed by atoms with E-state index in [0.29, 0.717) is 0 Å². The summed E-state index contributed by atoms with van der Waals surface area (Å²) < 4.78 is 1.31. The molecule has 0 bridgehead atoms. The molecule has 0 nitrogen and oxygen atoms in total. The minimum Gasteiger partial charge on any atom is -0.120 e. The second kappa shape index (κ2) is 4.40. The number of rotatable bonds is 2. The third-order valence-electron chi connectivity index (χ3n) is 1.50. The molecular formula is C10H9I. The van der Waals surface area contributed by atoms with Crippen molar-refractivity contribution in [3.63, 3.8) is 0 Å². The van der Waals surface area contributed by atoms with Gasteiger partial charge in [0.15, 0.2) is 0 Å². The zero-order valence-electron chi connectivity index (χ0n) is 6.18. The second-order valence-electron chi connectivity index (χ2n) is 2.30. The van der Waals surface area contributed by atoms with Crippen LogP contribution in [-0.4, -0.2) is 0 Å². The summed E-state index contributed by atoms with van der Waals surface area (Å²) in [5.41, 5.74) is 1.35. The van der Waals surface area contributed by atoms with E-state index in [1.54, 1.807) is 0 Å². The molecule has 1 aromatic rings. The van der Waals surface area contributed by atoms with Gasteiger partial charge in [-0.25, -0.2) is 0 Å². The van der Waals surface area contributed by atoms with Crippen LogP contribution in [0.3, 0.4) is 0 Å². The van der Waals surface area contributed by atoms with Crippen LogP contribution in [-0.2, 0) is 6.42 Å². The molecule has 0 radical (unpaired) electrons. The van der Waals surface area contributed by atoms with Crippen molar-refractivity contribution in [3.8, 4) is 12.3 Å². The molecule has 0 aliphatic rings. The van der Waals surface area contributed by atoms with Crippen LogP contribution in [0.1, 0.15) is 12.0 Å². The molecule has 0 heterocycles. The predicted octanol–water partition coefficient (Wildman–Crippen LogP) is 2.86. The van der Waals surface area contributed by atoms with Gasteiger partial charge in [-0.2, -0.15) is 0 Å². The standard InChI is InChI=1S/C10H9I/c1-2-3-6-9-7-4-5-8-10(9)11/h1,4-5,7-8H,3,6H2. The first-order chi connectivity index (χ1) is 5.34. The van der Waals surface area contributed by atoms with Gasteiger partial charge < -0.3 is 0 Å². The fraction of sp³-hybridized carbons (Fsp3) is 0.200. The summed E-state index contributed by atoms with van der Waals surface area (Å²) in [7, 11) is 0. The lowest BCUT2D eigenvalue weighted by Gasteiger charge is -1.99. The van der Waals surface area contributed by atoms with Gasteiger partial charge in [0, 0.05) is 9.99 Å². The van der Waals surface area contributed by atoms with Crippen molar-refractivity contribution in [1.29, 1.82) is 0 Å². The largest absolute Gasteiger partial charge is 0.120 e. The molecule has 0 unspecified atom stereocenters. The van der Waals surface area contributed by atoms with E-state index >= 15 is 0 Å². The maximum Gasteiger partial charge on any atom is 0.0162 e. The van der Waals surface area contributed by atoms with Crippen LogP contribution in [0.2, 0.25) is 0 Å². The van der Waals surface area contributed by atoms with Gasteiger partial charge in [-0.05, 0) is 40.6 Å². The molecule has 0 N–H and O–H groups in total. The van der Waals surface area contributed by atoms with Crippen molar-refractivity contribution in [3.05, 3.63) is 33.4 Å². The Bertz CT molecular complexity index is 270. The molecule has 0 aromatic heterocycles. The van der Waals surface area contributed by atoms with Crippen LogP contribution < -0.4 is 0 Å². The van der Waals surface area contributed by atoms with Gasteiger partial charge in [-0.3, -0.25) is 0 Å².